The number of aromatic nitrogens is 1. The van der Waals surface area contributed by atoms with Gasteiger partial charge in [0, 0.05) is 32.1 Å². The molecule has 0 saturated heterocycles. The summed E-state index contributed by atoms with van der Waals surface area (Å²) in [5.41, 5.74) is 7.59. The van der Waals surface area contributed by atoms with Crippen molar-refractivity contribution in [3.05, 3.63) is 30.1 Å². The third-order valence-electron chi connectivity index (χ3n) is 2.34. The number of nitrogens with zero attached hydrogens (tertiary/aromatic N) is 3. The van der Waals surface area contributed by atoms with E-state index in [4.69, 9.17) is 24.4 Å². The lowest BCUT2D eigenvalue weighted by molar-refractivity contribution is 0.966. The number of thiocarbonyl (C=S) groups is 2. The molecule has 0 aliphatic heterocycles. The Labute approximate surface area is 134 Å². The van der Waals surface area contributed by atoms with Crippen LogP contribution in [0.4, 0.5) is 0 Å². The van der Waals surface area contributed by atoms with Crippen molar-refractivity contribution in [2.45, 2.75) is 6.92 Å². The molecule has 0 atom stereocenters. The summed E-state index contributed by atoms with van der Waals surface area (Å²) in [7, 11) is 3.43. The van der Waals surface area contributed by atoms with E-state index in [0.29, 0.717) is 21.6 Å². The molecule has 0 fully saturated rings. The van der Waals surface area contributed by atoms with Crippen LogP contribution in [0.2, 0.25) is 0 Å². The van der Waals surface area contributed by atoms with Gasteiger partial charge in [-0.15, -0.1) is 0 Å². The van der Waals surface area contributed by atoms with Crippen molar-refractivity contribution in [1.29, 1.82) is 0 Å². The molecule has 0 bridgehead atoms. The number of hydrogen-bond acceptors (Lipinski definition) is 5. The number of pyridine rings is 1. The van der Waals surface area contributed by atoms with E-state index in [9.17, 15) is 0 Å². The lowest BCUT2D eigenvalue weighted by Gasteiger charge is -2.09. The van der Waals surface area contributed by atoms with Crippen LogP contribution in [0.15, 0.2) is 34.7 Å². The SMILES string of the molecule is CNC(=S)NN=C(C)C(=NNC(=S)NC)c1ccncc1. The molecule has 21 heavy (non-hydrogen) atoms. The second-order valence-corrected chi connectivity index (χ2v) is 4.59. The number of hydrogen-bond donors (Lipinski definition) is 4. The molecule has 112 valence electrons. The van der Waals surface area contributed by atoms with Gasteiger partial charge in [-0.05, 0) is 43.5 Å². The third kappa shape index (κ3) is 5.79. The maximum atomic E-state index is 5.01. The predicted octanol–water partition coefficient (Wildman–Crippen LogP) is 0.349. The van der Waals surface area contributed by atoms with Gasteiger partial charge in [0.1, 0.15) is 5.71 Å². The second-order valence-electron chi connectivity index (χ2n) is 3.78. The molecule has 0 aromatic carbocycles. The first kappa shape index (κ1) is 16.9. The fourth-order valence-corrected chi connectivity index (χ4v) is 1.36. The van der Waals surface area contributed by atoms with Crippen molar-refractivity contribution in [2.24, 2.45) is 10.2 Å². The van der Waals surface area contributed by atoms with Crippen LogP contribution in [0.1, 0.15) is 12.5 Å². The van der Waals surface area contributed by atoms with Crippen molar-refractivity contribution < 1.29 is 0 Å². The second kappa shape index (κ2) is 8.93. The highest BCUT2D eigenvalue weighted by atomic mass is 32.1. The molecule has 1 rings (SSSR count). The molecular formula is C12H17N7S2. The molecule has 7 nitrogen and oxygen atoms in total. The average molecular weight is 323 g/mol. The smallest absolute Gasteiger partial charge is 0.186 e. The van der Waals surface area contributed by atoms with Crippen molar-refractivity contribution in [3.63, 3.8) is 0 Å². The van der Waals surface area contributed by atoms with Gasteiger partial charge in [0.25, 0.3) is 0 Å². The van der Waals surface area contributed by atoms with E-state index >= 15 is 0 Å². The fraction of sp³-hybridized carbons (Fsp3) is 0.250. The van der Waals surface area contributed by atoms with Gasteiger partial charge >= 0.3 is 0 Å². The van der Waals surface area contributed by atoms with Gasteiger partial charge < -0.3 is 10.6 Å². The van der Waals surface area contributed by atoms with E-state index in [0.717, 1.165) is 5.56 Å². The standard InChI is InChI=1S/C12H17N7S2/c1-8(16-18-11(20)13-2)10(17-19-12(21)14-3)9-4-6-15-7-5-9/h4-7H,1-3H3,(H2,13,18,20)(H2,14,19,21). The van der Waals surface area contributed by atoms with Crippen molar-refractivity contribution in [1.82, 2.24) is 26.5 Å². The first-order valence-corrected chi connectivity index (χ1v) is 6.88. The Morgan fingerprint density at radius 1 is 1.00 bits per heavy atom. The summed E-state index contributed by atoms with van der Waals surface area (Å²) >= 11 is 9.98. The summed E-state index contributed by atoms with van der Waals surface area (Å²) in [6.45, 7) is 1.81. The van der Waals surface area contributed by atoms with Gasteiger partial charge in [-0.2, -0.15) is 10.2 Å². The Balaban J connectivity index is 3.02. The zero-order valence-electron chi connectivity index (χ0n) is 12.0. The van der Waals surface area contributed by atoms with Gasteiger partial charge in [0.05, 0.1) is 5.71 Å². The van der Waals surface area contributed by atoms with Crippen LogP contribution in [0, 0.1) is 0 Å². The molecule has 0 aliphatic carbocycles. The van der Waals surface area contributed by atoms with Gasteiger partial charge in [0.2, 0.25) is 0 Å². The summed E-state index contributed by atoms with van der Waals surface area (Å²) in [5.74, 6) is 0. The number of hydrazone groups is 2. The normalized spacial score (nSPS) is 11.6. The summed E-state index contributed by atoms with van der Waals surface area (Å²) in [6, 6.07) is 3.66. The largest absolute Gasteiger partial charge is 0.364 e. The average Bonchev–Trinajstić information content (AvgIpc) is 2.53. The lowest BCUT2D eigenvalue weighted by Crippen LogP contribution is -2.32. The van der Waals surface area contributed by atoms with Crippen molar-refractivity contribution in [3.8, 4) is 0 Å². The van der Waals surface area contributed by atoms with E-state index in [1.807, 2.05) is 19.1 Å². The van der Waals surface area contributed by atoms with Gasteiger partial charge in [-0.3, -0.25) is 15.8 Å². The highest BCUT2D eigenvalue weighted by Crippen LogP contribution is 2.01. The van der Waals surface area contributed by atoms with Crippen LogP contribution in [-0.2, 0) is 0 Å². The molecule has 0 radical (unpaired) electrons. The summed E-state index contributed by atoms with van der Waals surface area (Å²) < 4.78 is 0. The molecule has 0 unspecified atom stereocenters. The van der Waals surface area contributed by atoms with E-state index in [1.54, 1.807) is 26.5 Å². The zero-order valence-corrected chi connectivity index (χ0v) is 13.6. The maximum Gasteiger partial charge on any atom is 0.186 e. The van der Waals surface area contributed by atoms with Crippen LogP contribution in [0.5, 0.6) is 0 Å². The molecule has 1 aromatic rings. The van der Waals surface area contributed by atoms with Crippen molar-refractivity contribution in [2.75, 3.05) is 14.1 Å². The third-order valence-corrected chi connectivity index (χ3v) is 2.94. The highest BCUT2D eigenvalue weighted by Gasteiger charge is 2.08. The Kier molecular flexibility index (Phi) is 7.19. The van der Waals surface area contributed by atoms with Crippen LogP contribution in [0.25, 0.3) is 0 Å². The molecule has 0 amide bonds. The van der Waals surface area contributed by atoms with Crippen molar-refractivity contribution >= 4 is 46.1 Å². The zero-order chi connectivity index (χ0) is 15.7. The Morgan fingerprint density at radius 2 is 1.52 bits per heavy atom. The first-order valence-electron chi connectivity index (χ1n) is 6.06. The number of rotatable bonds is 4. The van der Waals surface area contributed by atoms with E-state index < -0.39 is 0 Å². The molecule has 1 heterocycles. The topological polar surface area (TPSA) is 85.7 Å². The monoisotopic (exact) mass is 323 g/mol. The van der Waals surface area contributed by atoms with Gasteiger partial charge in [-0.25, -0.2) is 0 Å². The molecule has 1 aromatic heterocycles. The maximum absolute atomic E-state index is 5.01. The quantitative estimate of drug-likeness (QED) is 0.361. The van der Waals surface area contributed by atoms with Gasteiger partial charge in [-0.1, -0.05) is 0 Å². The fourth-order valence-electron chi connectivity index (χ4n) is 1.27. The molecule has 4 N–H and O–H groups in total. The molecule has 0 spiro atoms. The lowest BCUT2D eigenvalue weighted by atomic mass is 10.1. The van der Waals surface area contributed by atoms with Gasteiger partial charge in [0.15, 0.2) is 10.2 Å². The minimum absolute atomic E-state index is 0.410. The van der Waals surface area contributed by atoms with E-state index in [-0.39, 0.29) is 0 Å². The molecular weight excluding hydrogens is 306 g/mol. The van der Waals surface area contributed by atoms with Crippen LogP contribution >= 0.6 is 24.4 Å². The van der Waals surface area contributed by atoms with Crippen LogP contribution < -0.4 is 21.5 Å². The molecule has 0 saturated carbocycles. The Hall–Kier alpha value is -2.13. The summed E-state index contributed by atoms with van der Waals surface area (Å²) in [6.07, 6.45) is 3.36. The molecule has 0 aliphatic rings. The minimum Gasteiger partial charge on any atom is -0.364 e. The minimum atomic E-state index is 0.410. The van der Waals surface area contributed by atoms with Crippen LogP contribution in [-0.4, -0.2) is 40.7 Å². The molecule has 9 heteroatoms. The van der Waals surface area contributed by atoms with Crippen LogP contribution in [0.3, 0.4) is 0 Å². The number of nitrogens with one attached hydrogen (secondary N) is 4. The first-order chi connectivity index (χ1) is 10.1. The van der Waals surface area contributed by atoms with E-state index in [1.165, 1.54) is 0 Å². The summed E-state index contributed by atoms with van der Waals surface area (Å²) in [4.78, 5) is 3.99. The highest BCUT2D eigenvalue weighted by molar-refractivity contribution is 7.80. The Bertz CT molecular complexity index is 554. The predicted molar refractivity (Wildman–Crippen MR) is 93.5 cm³/mol. The summed E-state index contributed by atoms with van der Waals surface area (Å²) in [5, 5.41) is 14.8. The Morgan fingerprint density at radius 3 is 2.05 bits per heavy atom. The van der Waals surface area contributed by atoms with E-state index in [2.05, 4.69) is 36.7 Å².